The Morgan fingerprint density at radius 2 is 1.77 bits per heavy atom. The molecule has 35 heavy (non-hydrogen) atoms. The van der Waals surface area contributed by atoms with E-state index in [4.69, 9.17) is 4.74 Å². The van der Waals surface area contributed by atoms with Gasteiger partial charge in [-0.2, -0.15) is 0 Å². The Hall–Kier alpha value is -2.31. The van der Waals surface area contributed by atoms with Gasteiger partial charge in [0.2, 0.25) is 0 Å². The van der Waals surface area contributed by atoms with E-state index in [0.717, 1.165) is 37.2 Å². The molecule has 2 N–H and O–H groups in total. The number of carbonyl (C=O) groups is 1. The van der Waals surface area contributed by atoms with Crippen LogP contribution >= 0.6 is 0 Å². The van der Waals surface area contributed by atoms with Crippen molar-refractivity contribution in [2.45, 2.75) is 79.4 Å². The number of amides is 1. The second kappa shape index (κ2) is 12.1. The van der Waals surface area contributed by atoms with Gasteiger partial charge >= 0.3 is 0 Å². The van der Waals surface area contributed by atoms with E-state index in [9.17, 15) is 9.90 Å². The van der Waals surface area contributed by atoms with Crippen LogP contribution in [0.1, 0.15) is 81.7 Å². The van der Waals surface area contributed by atoms with Gasteiger partial charge in [0.25, 0.3) is 5.91 Å². The van der Waals surface area contributed by atoms with Crippen molar-refractivity contribution in [2.75, 3.05) is 33.8 Å². The number of nitrogens with zero attached hydrogens (tertiary/aromatic N) is 2. The summed E-state index contributed by atoms with van der Waals surface area (Å²) in [5, 5.41) is 13.4. The molecule has 0 aliphatic rings. The van der Waals surface area contributed by atoms with Crippen LogP contribution in [0.4, 0.5) is 0 Å². The topological polar surface area (TPSA) is 66.7 Å². The van der Waals surface area contributed by atoms with Gasteiger partial charge in [-0.15, -0.1) is 0 Å². The highest BCUT2D eigenvalue weighted by Crippen LogP contribution is 2.41. The molecule has 1 aromatic heterocycles. The summed E-state index contributed by atoms with van der Waals surface area (Å²) in [5.74, 6) is 0.767. The SMILES string of the molecule is CCn1c(C(=O)NCCN(C)C)ccc1C(CC)(CC)c1ccc(OCC(O)C(C)(C)C)c(C)c1. The second-order valence-electron chi connectivity index (χ2n) is 10.9. The number of hydrogen-bond acceptors (Lipinski definition) is 4. The first-order chi connectivity index (χ1) is 16.4. The van der Waals surface area contributed by atoms with Crippen molar-refractivity contribution < 1.29 is 14.6 Å². The van der Waals surface area contributed by atoms with E-state index >= 15 is 0 Å². The molecule has 6 nitrogen and oxygen atoms in total. The molecule has 1 unspecified atom stereocenters. The molecule has 1 atom stereocenters. The third-order valence-corrected chi connectivity index (χ3v) is 7.20. The van der Waals surface area contributed by atoms with E-state index in [-0.39, 0.29) is 23.3 Å². The first kappa shape index (κ1) is 28.9. The van der Waals surface area contributed by atoms with Gasteiger partial charge in [-0.05, 0) is 75.5 Å². The molecule has 0 aliphatic heterocycles. The number of ether oxygens (including phenoxy) is 1. The Kier molecular flexibility index (Phi) is 9.99. The number of nitrogens with one attached hydrogen (secondary N) is 1. The Morgan fingerprint density at radius 1 is 1.11 bits per heavy atom. The lowest BCUT2D eigenvalue weighted by atomic mass is 9.72. The minimum absolute atomic E-state index is 0.0293. The Balaban J connectivity index is 2.38. The molecule has 0 spiro atoms. The summed E-state index contributed by atoms with van der Waals surface area (Å²) in [6, 6.07) is 10.4. The predicted molar refractivity (Wildman–Crippen MR) is 144 cm³/mol. The predicted octanol–water partition coefficient (Wildman–Crippen LogP) is 5.00. The molecule has 2 aromatic rings. The van der Waals surface area contributed by atoms with Crippen molar-refractivity contribution in [3.05, 3.63) is 52.8 Å². The van der Waals surface area contributed by atoms with Gasteiger partial charge in [0.1, 0.15) is 18.1 Å². The fourth-order valence-electron chi connectivity index (χ4n) is 4.60. The smallest absolute Gasteiger partial charge is 0.267 e. The molecule has 2 rings (SSSR count). The van der Waals surface area contributed by atoms with Gasteiger partial charge < -0.3 is 24.6 Å². The zero-order chi connectivity index (χ0) is 26.4. The number of aromatic nitrogens is 1. The standard InChI is InChI=1S/C29H47N3O3/c1-10-29(11-2,22-13-15-24(21(4)19-22)35-20-26(33)28(5,6)7)25-16-14-23(32(25)12-3)27(34)30-17-18-31(8)9/h13-16,19,26,33H,10-12,17-18,20H2,1-9H3,(H,30,34). The van der Waals surface area contributed by atoms with Crippen molar-refractivity contribution in [1.29, 1.82) is 0 Å². The van der Waals surface area contributed by atoms with Crippen molar-refractivity contribution in [2.24, 2.45) is 5.41 Å². The van der Waals surface area contributed by atoms with Gasteiger partial charge in [-0.25, -0.2) is 0 Å². The zero-order valence-corrected chi connectivity index (χ0v) is 23.4. The molecule has 196 valence electrons. The molecule has 0 saturated heterocycles. The minimum atomic E-state index is -0.540. The number of rotatable bonds is 12. The number of aryl methyl sites for hydroxylation is 1. The molecule has 0 fully saturated rings. The van der Waals surface area contributed by atoms with Gasteiger partial charge in [0, 0.05) is 30.7 Å². The molecule has 0 aliphatic carbocycles. The Morgan fingerprint density at radius 3 is 2.29 bits per heavy atom. The second-order valence-corrected chi connectivity index (χ2v) is 10.9. The fourth-order valence-corrected chi connectivity index (χ4v) is 4.60. The first-order valence-electron chi connectivity index (χ1n) is 13.0. The summed E-state index contributed by atoms with van der Waals surface area (Å²) >= 11 is 0. The van der Waals surface area contributed by atoms with Gasteiger partial charge in [-0.3, -0.25) is 4.79 Å². The molecular weight excluding hydrogens is 438 g/mol. The normalized spacial score (nSPS) is 13.2. The summed E-state index contributed by atoms with van der Waals surface area (Å²) < 4.78 is 8.15. The molecule has 6 heteroatoms. The van der Waals surface area contributed by atoms with E-state index in [0.29, 0.717) is 12.2 Å². The van der Waals surface area contributed by atoms with Crippen LogP contribution in [0.3, 0.4) is 0 Å². The number of carbonyl (C=O) groups excluding carboxylic acids is 1. The Bertz CT molecular complexity index is 968. The lowest BCUT2D eigenvalue weighted by Gasteiger charge is -2.35. The summed E-state index contributed by atoms with van der Waals surface area (Å²) in [4.78, 5) is 15.0. The maximum absolute atomic E-state index is 13.0. The van der Waals surface area contributed by atoms with Crippen LogP contribution in [0.5, 0.6) is 5.75 Å². The third kappa shape index (κ3) is 6.68. The summed E-state index contributed by atoms with van der Waals surface area (Å²) in [5.41, 5.74) is 3.70. The number of likely N-dealkylation sites (N-methyl/N-ethyl adjacent to an activating group) is 1. The molecule has 1 heterocycles. The molecule has 0 saturated carbocycles. The first-order valence-corrected chi connectivity index (χ1v) is 13.0. The van der Waals surface area contributed by atoms with Crippen molar-refractivity contribution in [3.8, 4) is 5.75 Å². The van der Waals surface area contributed by atoms with Crippen LogP contribution in [-0.4, -0.2) is 60.4 Å². The highest BCUT2D eigenvalue weighted by atomic mass is 16.5. The van der Waals surface area contributed by atoms with Gasteiger partial charge in [-0.1, -0.05) is 46.8 Å². The van der Waals surface area contributed by atoms with E-state index in [1.807, 2.05) is 47.0 Å². The average Bonchev–Trinajstić information content (AvgIpc) is 3.23. The van der Waals surface area contributed by atoms with E-state index in [1.165, 1.54) is 11.3 Å². The van der Waals surface area contributed by atoms with Crippen molar-refractivity contribution in [3.63, 3.8) is 0 Å². The monoisotopic (exact) mass is 485 g/mol. The summed E-state index contributed by atoms with van der Waals surface area (Å²) in [6.07, 6.45) is 1.29. The average molecular weight is 486 g/mol. The largest absolute Gasteiger partial charge is 0.491 e. The lowest BCUT2D eigenvalue weighted by Crippen LogP contribution is -2.34. The van der Waals surface area contributed by atoms with Crippen molar-refractivity contribution in [1.82, 2.24) is 14.8 Å². The quantitative estimate of drug-likeness (QED) is 0.444. The van der Waals surface area contributed by atoms with Gasteiger partial charge in [0.05, 0.1) is 6.10 Å². The minimum Gasteiger partial charge on any atom is -0.491 e. The van der Waals surface area contributed by atoms with Crippen LogP contribution in [-0.2, 0) is 12.0 Å². The maximum atomic E-state index is 13.0. The number of aliphatic hydroxyl groups excluding tert-OH is 1. The van der Waals surface area contributed by atoms with E-state index in [2.05, 4.69) is 60.7 Å². The highest BCUT2D eigenvalue weighted by molar-refractivity contribution is 5.93. The Labute approximate surface area is 212 Å². The van der Waals surface area contributed by atoms with Gasteiger partial charge in [0.15, 0.2) is 0 Å². The summed E-state index contributed by atoms with van der Waals surface area (Å²) in [6.45, 7) is 17.0. The molecular formula is C29H47N3O3. The molecule has 0 radical (unpaired) electrons. The fraction of sp³-hybridized carbons (Fsp3) is 0.621. The molecule has 1 aromatic carbocycles. The molecule has 0 bridgehead atoms. The van der Waals surface area contributed by atoms with Crippen LogP contribution in [0.15, 0.2) is 30.3 Å². The number of hydrogen-bond donors (Lipinski definition) is 2. The zero-order valence-electron chi connectivity index (χ0n) is 23.4. The van der Waals surface area contributed by atoms with Crippen LogP contribution in [0.2, 0.25) is 0 Å². The summed E-state index contributed by atoms with van der Waals surface area (Å²) in [7, 11) is 4.00. The van der Waals surface area contributed by atoms with E-state index in [1.54, 1.807) is 0 Å². The number of aliphatic hydroxyl groups is 1. The molecule has 1 amide bonds. The van der Waals surface area contributed by atoms with Crippen LogP contribution in [0.25, 0.3) is 0 Å². The van der Waals surface area contributed by atoms with Crippen LogP contribution < -0.4 is 10.1 Å². The number of benzene rings is 1. The van der Waals surface area contributed by atoms with Crippen LogP contribution in [0, 0.1) is 12.3 Å². The highest BCUT2D eigenvalue weighted by Gasteiger charge is 2.35. The maximum Gasteiger partial charge on any atom is 0.267 e. The lowest BCUT2D eigenvalue weighted by molar-refractivity contribution is 0.0216. The van der Waals surface area contributed by atoms with E-state index < -0.39 is 6.10 Å². The third-order valence-electron chi connectivity index (χ3n) is 7.20. The van der Waals surface area contributed by atoms with Crippen molar-refractivity contribution >= 4 is 5.91 Å².